The van der Waals surface area contributed by atoms with Crippen LogP contribution in [0.1, 0.15) is 17.3 Å². The molecular weight excluding hydrogens is 332 g/mol. The summed E-state index contributed by atoms with van der Waals surface area (Å²) in [4.78, 5) is 13.1. The first kappa shape index (κ1) is 16.9. The van der Waals surface area contributed by atoms with Gasteiger partial charge in [0.1, 0.15) is 12.1 Å². The molecule has 1 aliphatic rings. The first-order valence-electron chi connectivity index (χ1n) is 8.65. The second-order valence-corrected chi connectivity index (χ2v) is 6.84. The van der Waals surface area contributed by atoms with E-state index in [9.17, 15) is 5.11 Å². The van der Waals surface area contributed by atoms with Crippen molar-refractivity contribution >= 4 is 16.7 Å². The number of hydrogen-bond acceptors (Lipinski definition) is 8. The van der Waals surface area contributed by atoms with Gasteiger partial charge in [-0.2, -0.15) is 0 Å². The van der Waals surface area contributed by atoms with E-state index < -0.39 is 6.10 Å². The average molecular weight is 354 g/mol. The minimum Gasteiger partial charge on any atom is -0.424 e. The lowest BCUT2D eigenvalue weighted by Gasteiger charge is -2.25. The number of benzene rings is 1. The molecule has 1 unspecified atom stereocenters. The van der Waals surface area contributed by atoms with Crippen LogP contribution < -0.4 is 4.90 Å². The molecule has 2 aromatic heterocycles. The van der Waals surface area contributed by atoms with Crippen molar-refractivity contribution in [1.82, 2.24) is 25.1 Å². The Hall–Kier alpha value is -2.58. The number of aromatic nitrogens is 4. The largest absolute Gasteiger partial charge is 0.424 e. The van der Waals surface area contributed by atoms with E-state index in [1.165, 1.54) is 0 Å². The zero-order chi connectivity index (χ0) is 18.3. The highest BCUT2D eigenvalue weighted by molar-refractivity contribution is 5.91. The fourth-order valence-corrected chi connectivity index (χ4v) is 3.58. The highest BCUT2D eigenvalue weighted by Crippen LogP contribution is 2.29. The van der Waals surface area contributed by atoms with Gasteiger partial charge in [-0.1, -0.05) is 12.1 Å². The lowest BCUT2D eigenvalue weighted by molar-refractivity contribution is 0.0903. The molecule has 8 heteroatoms. The van der Waals surface area contributed by atoms with Crippen molar-refractivity contribution in [3.8, 4) is 0 Å². The Morgan fingerprint density at radius 1 is 1.23 bits per heavy atom. The maximum atomic E-state index is 10.6. The first-order chi connectivity index (χ1) is 12.5. The summed E-state index contributed by atoms with van der Waals surface area (Å²) >= 11 is 0. The number of rotatable bonds is 4. The number of nitrogens with zero attached hydrogens (tertiary/aromatic N) is 6. The molecule has 136 valence electrons. The van der Waals surface area contributed by atoms with Gasteiger partial charge in [0, 0.05) is 25.4 Å². The van der Waals surface area contributed by atoms with Gasteiger partial charge in [0.2, 0.25) is 11.8 Å². The van der Waals surface area contributed by atoms with Crippen molar-refractivity contribution < 1.29 is 9.52 Å². The van der Waals surface area contributed by atoms with Crippen LogP contribution in [0.15, 0.2) is 28.9 Å². The standard InChI is InChI=1S/C18H22N6O2/c1-11-5-4-6-13-17(11)19-10-20-18(13)24-7-14(15(25)8-24)23(3)9-16-22-21-12(2)26-16/h4-6,10,14-15,25H,7-9H2,1-3H3/t14?,15-/m1/s1. The van der Waals surface area contributed by atoms with Gasteiger partial charge in [0.25, 0.3) is 0 Å². The van der Waals surface area contributed by atoms with Crippen molar-refractivity contribution in [1.29, 1.82) is 0 Å². The molecule has 1 fully saturated rings. The summed E-state index contributed by atoms with van der Waals surface area (Å²) in [5.41, 5.74) is 2.07. The van der Waals surface area contributed by atoms with E-state index in [2.05, 4.69) is 25.1 Å². The molecule has 1 aliphatic heterocycles. The molecule has 1 N–H and O–H groups in total. The topological polar surface area (TPSA) is 91.4 Å². The summed E-state index contributed by atoms with van der Waals surface area (Å²) in [6, 6.07) is 6.04. The van der Waals surface area contributed by atoms with Crippen LogP contribution in [0.2, 0.25) is 0 Å². The molecule has 0 radical (unpaired) electrons. The molecule has 8 nitrogen and oxygen atoms in total. The third-order valence-electron chi connectivity index (χ3n) is 4.92. The van der Waals surface area contributed by atoms with Gasteiger partial charge in [0.15, 0.2) is 0 Å². The lowest BCUT2D eigenvalue weighted by atomic mass is 10.1. The molecule has 0 amide bonds. The number of hydrogen-bond donors (Lipinski definition) is 1. The first-order valence-corrected chi connectivity index (χ1v) is 8.65. The maximum Gasteiger partial charge on any atom is 0.230 e. The number of likely N-dealkylation sites (N-methyl/N-ethyl adjacent to an activating group) is 1. The highest BCUT2D eigenvalue weighted by Gasteiger charge is 2.35. The molecule has 0 aliphatic carbocycles. The number of fused-ring (bicyclic) bond motifs is 1. The van der Waals surface area contributed by atoms with E-state index in [0.717, 1.165) is 22.3 Å². The zero-order valence-electron chi connectivity index (χ0n) is 15.1. The smallest absolute Gasteiger partial charge is 0.230 e. The Labute approximate surface area is 151 Å². The summed E-state index contributed by atoms with van der Waals surface area (Å²) < 4.78 is 5.45. The number of anilines is 1. The SMILES string of the molecule is Cc1nnc(CN(C)C2CN(c3ncnc4c(C)cccc34)C[C@H]2O)o1. The van der Waals surface area contributed by atoms with Gasteiger partial charge in [-0.15, -0.1) is 10.2 Å². The molecule has 3 aromatic rings. The van der Waals surface area contributed by atoms with Gasteiger partial charge >= 0.3 is 0 Å². The van der Waals surface area contributed by atoms with Crippen molar-refractivity contribution in [2.45, 2.75) is 32.5 Å². The fourth-order valence-electron chi connectivity index (χ4n) is 3.58. The van der Waals surface area contributed by atoms with Gasteiger partial charge in [-0.3, -0.25) is 4.90 Å². The molecular formula is C18H22N6O2. The van der Waals surface area contributed by atoms with Crippen LogP contribution in [0.3, 0.4) is 0 Å². The van der Waals surface area contributed by atoms with Crippen LogP contribution >= 0.6 is 0 Å². The Kier molecular flexibility index (Phi) is 4.29. The monoisotopic (exact) mass is 354 g/mol. The zero-order valence-corrected chi connectivity index (χ0v) is 15.1. The quantitative estimate of drug-likeness (QED) is 0.750. The molecule has 0 saturated carbocycles. The highest BCUT2D eigenvalue weighted by atomic mass is 16.4. The van der Waals surface area contributed by atoms with E-state index in [1.54, 1.807) is 13.3 Å². The maximum absolute atomic E-state index is 10.6. The predicted molar refractivity (Wildman–Crippen MR) is 96.8 cm³/mol. The Bertz CT molecular complexity index is 927. The van der Waals surface area contributed by atoms with E-state index in [1.807, 2.05) is 37.1 Å². The number of β-amino-alcohol motifs (C(OH)–C–C–N with tert-alkyl or cyclic N) is 1. The summed E-state index contributed by atoms with van der Waals surface area (Å²) in [5, 5.41) is 19.5. The molecule has 3 heterocycles. The van der Waals surface area contributed by atoms with Crippen molar-refractivity contribution in [3.05, 3.63) is 41.9 Å². The van der Waals surface area contributed by atoms with E-state index >= 15 is 0 Å². The number of aliphatic hydroxyl groups excluding tert-OH is 1. The van der Waals surface area contributed by atoms with Crippen molar-refractivity contribution in [3.63, 3.8) is 0 Å². The molecule has 4 rings (SSSR count). The summed E-state index contributed by atoms with van der Waals surface area (Å²) in [6.07, 6.45) is 1.11. The number of para-hydroxylation sites is 1. The normalized spacial score (nSPS) is 20.4. The molecule has 0 spiro atoms. The van der Waals surface area contributed by atoms with Crippen LogP contribution in [-0.4, -0.2) is 62.5 Å². The summed E-state index contributed by atoms with van der Waals surface area (Å²) in [5.74, 6) is 1.96. The Morgan fingerprint density at radius 2 is 2.08 bits per heavy atom. The van der Waals surface area contributed by atoms with Crippen LogP contribution in [0.25, 0.3) is 10.9 Å². The number of aryl methyl sites for hydroxylation is 2. The predicted octanol–water partition coefficient (Wildman–Crippen LogP) is 1.31. The third kappa shape index (κ3) is 3.02. The Morgan fingerprint density at radius 3 is 2.85 bits per heavy atom. The molecule has 1 saturated heterocycles. The Balaban J connectivity index is 1.56. The second-order valence-electron chi connectivity index (χ2n) is 6.84. The minimum absolute atomic E-state index is 0.0444. The van der Waals surface area contributed by atoms with Gasteiger partial charge in [-0.05, 0) is 25.6 Å². The van der Waals surface area contributed by atoms with Crippen molar-refractivity contribution in [2.24, 2.45) is 0 Å². The van der Waals surface area contributed by atoms with Gasteiger partial charge < -0.3 is 14.4 Å². The molecule has 0 bridgehead atoms. The van der Waals surface area contributed by atoms with Crippen LogP contribution in [0.4, 0.5) is 5.82 Å². The van der Waals surface area contributed by atoms with Crippen LogP contribution in [0, 0.1) is 13.8 Å². The number of aliphatic hydroxyl groups is 1. The van der Waals surface area contributed by atoms with E-state index in [-0.39, 0.29) is 6.04 Å². The fraction of sp³-hybridized carbons (Fsp3) is 0.444. The lowest BCUT2D eigenvalue weighted by Crippen LogP contribution is -2.40. The van der Waals surface area contributed by atoms with E-state index in [0.29, 0.717) is 31.4 Å². The van der Waals surface area contributed by atoms with Crippen molar-refractivity contribution in [2.75, 3.05) is 25.0 Å². The molecule has 2 atom stereocenters. The van der Waals surface area contributed by atoms with Crippen LogP contribution in [-0.2, 0) is 6.54 Å². The molecule has 1 aromatic carbocycles. The second kappa shape index (κ2) is 6.62. The summed E-state index contributed by atoms with van der Waals surface area (Å²) in [6.45, 7) is 5.51. The van der Waals surface area contributed by atoms with Gasteiger partial charge in [-0.25, -0.2) is 9.97 Å². The molecule has 26 heavy (non-hydrogen) atoms. The third-order valence-corrected chi connectivity index (χ3v) is 4.92. The van der Waals surface area contributed by atoms with E-state index in [4.69, 9.17) is 4.42 Å². The average Bonchev–Trinajstić information content (AvgIpc) is 3.20. The van der Waals surface area contributed by atoms with Gasteiger partial charge in [0.05, 0.1) is 24.2 Å². The summed E-state index contributed by atoms with van der Waals surface area (Å²) in [7, 11) is 1.96. The van der Waals surface area contributed by atoms with Crippen LogP contribution in [0.5, 0.6) is 0 Å². The minimum atomic E-state index is -0.487.